The number of aromatic nitrogens is 1. The fourth-order valence-corrected chi connectivity index (χ4v) is 4.16. The average molecular weight is 479 g/mol. The van der Waals surface area contributed by atoms with Crippen LogP contribution in [0, 0.1) is 13.8 Å². The summed E-state index contributed by atoms with van der Waals surface area (Å²) < 4.78 is 0. The fourth-order valence-electron chi connectivity index (χ4n) is 3.28. The van der Waals surface area contributed by atoms with Crippen molar-refractivity contribution < 1.29 is 0 Å². The zero-order valence-electron chi connectivity index (χ0n) is 16.1. The first kappa shape index (κ1) is 22.6. The van der Waals surface area contributed by atoms with Gasteiger partial charge in [0.15, 0.2) is 5.96 Å². The van der Waals surface area contributed by atoms with Crippen LogP contribution in [0.1, 0.15) is 54.6 Å². The molecule has 1 fully saturated rings. The lowest BCUT2D eigenvalue weighted by Crippen LogP contribution is -2.49. The first-order valence-electron chi connectivity index (χ1n) is 9.25. The molecule has 1 saturated heterocycles. The SMILES string of the molecule is CCCCN1CCCCC1CNC(=NC)NCc1sc(C)nc1C.I. The van der Waals surface area contributed by atoms with Gasteiger partial charge in [-0.3, -0.25) is 9.89 Å². The number of likely N-dealkylation sites (tertiary alicyclic amines) is 1. The third-order valence-electron chi connectivity index (χ3n) is 4.69. The largest absolute Gasteiger partial charge is 0.355 e. The van der Waals surface area contributed by atoms with Gasteiger partial charge in [-0.1, -0.05) is 19.8 Å². The van der Waals surface area contributed by atoms with Crippen molar-refractivity contribution >= 4 is 41.3 Å². The number of rotatable bonds is 7. The highest BCUT2D eigenvalue weighted by Crippen LogP contribution is 2.18. The Bertz CT molecular complexity index is 532. The maximum absolute atomic E-state index is 4.48. The van der Waals surface area contributed by atoms with Gasteiger partial charge in [0.2, 0.25) is 0 Å². The van der Waals surface area contributed by atoms with Gasteiger partial charge in [-0.05, 0) is 46.2 Å². The second-order valence-electron chi connectivity index (χ2n) is 6.59. The number of halogens is 1. The van der Waals surface area contributed by atoms with Crippen LogP contribution in [0.3, 0.4) is 0 Å². The van der Waals surface area contributed by atoms with Crippen LogP contribution in [0.4, 0.5) is 0 Å². The number of nitrogens with zero attached hydrogens (tertiary/aromatic N) is 3. The van der Waals surface area contributed by atoms with Crippen molar-refractivity contribution in [2.75, 3.05) is 26.7 Å². The number of piperidine rings is 1. The van der Waals surface area contributed by atoms with Crippen LogP contribution in [-0.4, -0.2) is 48.6 Å². The van der Waals surface area contributed by atoms with E-state index in [0.717, 1.165) is 29.8 Å². The number of thiazole rings is 1. The van der Waals surface area contributed by atoms with E-state index in [-0.39, 0.29) is 24.0 Å². The van der Waals surface area contributed by atoms with Crippen LogP contribution in [0.2, 0.25) is 0 Å². The number of hydrogen-bond donors (Lipinski definition) is 2. The molecule has 0 bridgehead atoms. The highest BCUT2D eigenvalue weighted by atomic mass is 127. The van der Waals surface area contributed by atoms with Gasteiger partial charge in [0.05, 0.1) is 17.2 Å². The molecule has 0 aliphatic carbocycles. The van der Waals surface area contributed by atoms with Crippen LogP contribution >= 0.6 is 35.3 Å². The standard InChI is InChI=1S/C18H33N5S.HI/c1-5-6-10-23-11-8-7-9-16(23)12-20-18(19-4)21-13-17-14(2)22-15(3)24-17;/h16H,5-13H2,1-4H3,(H2,19,20,21);1H. The first-order valence-corrected chi connectivity index (χ1v) is 10.1. The number of guanidine groups is 1. The molecule has 1 aliphatic heterocycles. The van der Waals surface area contributed by atoms with E-state index in [9.17, 15) is 0 Å². The van der Waals surface area contributed by atoms with E-state index in [0.29, 0.717) is 6.04 Å². The van der Waals surface area contributed by atoms with Gasteiger partial charge in [0.25, 0.3) is 0 Å². The number of aliphatic imine (C=N–C) groups is 1. The molecule has 1 aromatic heterocycles. The van der Waals surface area contributed by atoms with Crippen molar-refractivity contribution in [2.24, 2.45) is 4.99 Å². The molecular weight excluding hydrogens is 445 g/mol. The van der Waals surface area contributed by atoms with Gasteiger partial charge in [-0.2, -0.15) is 0 Å². The predicted molar refractivity (Wildman–Crippen MR) is 119 cm³/mol. The van der Waals surface area contributed by atoms with Crippen molar-refractivity contribution in [3.8, 4) is 0 Å². The summed E-state index contributed by atoms with van der Waals surface area (Å²) in [5.41, 5.74) is 1.12. The highest BCUT2D eigenvalue weighted by molar-refractivity contribution is 14.0. The molecule has 0 aromatic carbocycles. The van der Waals surface area contributed by atoms with Crippen LogP contribution in [0.15, 0.2) is 4.99 Å². The number of nitrogens with one attached hydrogen (secondary N) is 2. The molecule has 5 nitrogen and oxygen atoms in total. The summed E-state index contributed by atoms with van der Waals surface area (Å²) in [6.07, 6.45) is 6.55. The lowest BCUT2D eigenvalue weighted by molar-refractivity contribution is 0.147. The van der Waals surface area contributed by atoms with E-state index in [1.54, 1.807) is 11.3 Å². The minimum absolute atomic E-state index is 0. The third-order valence-corrected chi connectivity index (χ3v) is 5.77. The van der Waals surface area contributed by atoms with Crippen LogP contribution in [0.5, 0.6) is 0 Å². The topological polar surface area (TPSA) is 52.5 Å². The Morgan fingerprint density at radius 2 is 2.12 bits per heavy atom. The maximum Gasteiger partial charge on any atom is 0.191 e. The summed E-state index contributed by atoms with van der Waals surface area (Å²) in [6.45, 7) is 10.6. The second-order valence-corrected chi connectivity index (χ2v) is 7.88. The molecule has 0 spiro atoms. The van der Waals surface area contributed by atoms with Crippen LogP contribution in [0.25, 0.3) is 0 Å². The molecule has 2 rings (SSSR count). The molecule has 1 unspecified atom stereocenters. The van der Waals surface area contributed by atoms with Gasteiger partial charge in [-0.15, -0.1) is 35.3 Å². The van der Waals surface area contributed by atoms with E-state index in [1.807, 2.05) is 7.05 Å². The number of unbranched alkanes of at least 4 members (excludes halogenated alkanes) is 1. The van der Waals surface area contributed by atoms with Gasteiger partial charge < -0.3 is 10.6 Å². The molecular formula is C18H34IN5S. The molecule has 1 aliphatic rings. The summed E-state index contributed by atoms with van der Waals surface area (Å²) in [5.74, 6) is 0.890. The van der Waals surface area contributed by atoms with Crippen molar-refractivity contribution in [2.45, 2.75) is 65.5 Å². The Hall–Kier alpha value is -0.410. The van der Waals surface area contributed by atoms with E-state index in [2.05, 4.69) is 46.3 Å². The van der Waals surface area contributed by atoms with E-state index in [4.69, 9.17) is 0 Å². The van der Waals surface area contributed by atoms with E-state index in [1.165, 1.54) is 50.1 Å². The molecule has 0 radical (unpaired) electrons. The lowest BCUT2D eigenvalue weighted by Gasteiger charge is -2.36. The van der Waals surface area contributed by atoms with Crippen LogP contribution < -0.4 is 10.6 Å². The number of aryl methyl sites for hydroxylation is 2. The summed E-state index contributed by atoms with van der Waals surface area (Å²) in [6, 6.07) is 0.635. The Morgan fingerprint density at radius 3 is 2.76 bits per heavy atom. The summed E-state index contributed by atoms with van der Waals surface area (Å²) in [5, 5.41) is 8.08. The van der Waals surface area contributed by atoms with Crippen LogP contribution in [-0.2, 0) is 6.54 Å². The zero-order chi connectivity index (χ0) is 17.4. The Kier molecular flexibility index (Phi) is 10.9. The van der Waals surface area contributed by atoms with E-state index < -0.39 is 0 Å². The molecule has 1 atom stereocenters. The molecule has 7 heteroatoms. The third kappa shape index (κ3) is 7.38. The predicted octanol–water partition coefficient (Wildman–Crippen LogP) is 3.70. The Labute approximate surface area is 174 Å². The first-order chi connectivity index (χ1) is 11.6. The summed E-state index contributed by atoms with van der Waals surface area (Å²) >= 11 is 1.76. The zero-order valence-corrected chi connectivity index (χ0v) is 19.2. The smallest absolute Gasteiger partial charge is 0.191 e. The lowest BCUT2D eigenvalue weighted by atomic mass is 10.0. The molecule has 2 N–H and O–H groups in total. The summed E-state index contributed by atoms with van der Waals surface area (Å²) in [7, 11) is 1.84. The minimum atomic E-state index is 0. The molecule has 0 saturated carbocycles. The fraction of sp³-hybridized carbons (Fsp3) is 0.778. The molecule has 144 valence electrons. The highest BCUT2D eigenvalue weighted by Gasteiger charge is 2.21. The van der Waals surface area contributed by atoms with Crippen molar-refractivity contribution in [1.82, 2.24) is 20.5 Å². The van der Waals surface area contributed by atoms with Gasteiger partial charge >= 0.3 is 0 Å². The summed E-state index contributed by atoms with van der Waals surface area (Å²) in [4.78, 5) is 12.8. The van der Waals surface area contributed by atoms with Gasteiger partial charge in [-0.25, -0.2) is 4.98 Å². The quantitative estimate of drug-likeness (QED) is 0.356. The van der Waals surface area contributed by atoms with Crippen molar-refractivity contribution in [3.05, 3.63) is 15.6 Å². The van der Waals surface area contributed by atoms with Gasteiger partial charge in [0, 0.05) is 24.5 Å². The Morgan fingerprint density at radius 1 is 1.32 bits per heavy atom. The van der Waals surface area contributed by atoms with Gasteiger partial charge in [0.1, 0.15) is 0 Å². The molecule has 0 amide bonds. The number of hydrogen-bond acceptors (Lipinski definition) is 4. The normalized spacial score (nSPS) is 18.7. The molecule has 2 heterocycles. The Balaban J connectivity index is 0.00000312. The molecule has 1 aromatic rings. The minimum Gasteiger partial charge on any atom is -0.355 e. The van der Waals surface area contributed by atoms with E-state index >= 15 is 0 Å². The molecule has 25 heavy (non-hydrogen) atoms. The van der Waals surface area contributed by atoms with Crippen molar-refractivity contribution in [3.63, 3.8) is 0 Å². The maximum atomic E-state index is 4.48. The van der Waals surface area contributed by atoms with Crippen molar-refractivity contribution in [1.29, 1.82) is 0 Å². The second kappa shape index (κ2) is 12.1. The monoisotopic (exact) mass is 479 g/mol. The average Bonchev–Trinajstić information content (AvgIpc) is 2.91.